The lowest BCUT2D eigenvalue weighted by Gasteiger charge is -2.23. The van der Waals surface area contributed by atoms with Gasteiger partial charge in [0.2, 0.25) is 29.5 Å². The number of amides is 5. The maximum Gasteiger partial charge on any atom is 0.326 e. The highest BCUT2D eigenvalue weighted by molar-refractivity contribution is 5.96. The van der Waals surface area contributed by atoms with E-state index in [4.69, 9.17) is 22.3 Å². The lowest BCUT2D eigenvalue weighted by Crippen LogP contribution is -2.59. The van der Waals surface area contributed by atoms with E-state index in [-0.39, 0.29) is 12.2 Å². The maximum atomic E-state index is 12.6. The van der Waals surface area contributed by atoms with E-state index in [2.05, 4.69) is 10.6 Å². The van der Waals surface area contributed by atoms with Crippen LogP contribution in [0.25, 0.3) is 0 Å². The first-order chi connectivity index (χ1) is 16.3. The molecule has 0 fully saturated rings. The zero-order valence-corrected chi connectivity index (χ0v) is 18.5. The lowest BCUT2D eigenvalue weighted by molar-refractivity contribution is -0.144. The Hall–Kier alpha value is -4.24. The van der Waals surface area contributed by atoms with Gasteiger partial charge in [-0.05, 0) is 24.1 Å². The van der Waals surface area contributed by atoms with Gasteiger partial charge in [0.15, 0.2) is 0 Å². The lowest BCUT2D eigenvalue weighted by atomic mass is 10.0. The molecule has 0 aromatic heterocycles. The van der Waals surface area contributed by atoms with Gasteiger partial charge in [-0.25, -0.2) is 4.79 Å². The summed E-state index contributed by atoms with van der Waals surface area (Å²) in [7, 11) is 0. The number of nitrogens with one attached hydrogen (secondary N) is 3. The molecule has 1 aromatic rings. The average molecular weight is 496 g/mol. The van der Waals surface area contributed by atoms with Gasteiger partial charge in [0.1, 0.15) is 23.9 Å². The number of carbonyl (C=O) groups is 6. The van der Waals surface area contributed by atoms with Crippen LogP contribution in [0.5, 0.6) is 5.75 Å². The van der Waals surface area contributed by atoms with E-state index in [1.165, 1.54) is 24.3 Å². The normalized spacial score (nSPS) is 14.0. The van der Waals surface area contributed by atoms with Crippen LogP contribution in [-0.4, -0.2) is 81.6 Å². The summed E-state index contributed by atoms with van der Waals surface area (Å²) in [6.45, 7) is -0.988. The van der Waals surface area contributed by atoms with Gasteiger partial charge in [-0.3, -0.25) is 24.0 Å². The number of benzene rings is 1. The summed E-state index contributed by atoms with van der Waals surface area (Å²) >= 11 is 0. The number of nitrogens with two attached hydrogens (primary N) is 3. The minimum atomic E-state index is -1.72. The van der Waals surface area contributed by atoms with Crippen molar-refractivity contribution < 1.29 is 44.1 Å². The fourth-order valence-corrected chi connectivity index (χ4v) is 2.81. The van der Waals surface area contributed by atoms with Crippen molar-refractivity contribution in [1.29, 1.82) is 0 Å². The Kier molecular flexibility index (Phi) is 11.1. The number of phenolic OH excluding ortho intramolecular Hbond substituents is 1. The molecule has 35 heavy (non-hydrogen) atoms. The van der Waals surface area contributed by atoms with Crippen LogP contribution in [0.3, 0.4) is 0 Å². The number of hydrogen-bond donors (Lipinski definition) is 9. The van der Waals surface area contributed by atoms with Crippen molar-refractivity contribution in [1.82, 2.24) is 16.0 Å². The third kappa shape index (κ3) is 10.1. The second kappa shape index (κ2) is 13.5. The summed E-state index contributed by atoms with van der Waals surface area (Å²) in [5.74, 6) is -6.66. The maximum absolute atomic E-state index is 12.6. The molecule has 4 atom stereocenters. The molecule has 0 aliphatic heterocycles. The van der Waals surface area contributed by atoms with Gasteiger partial charge >= 0.3 is 5.97 Å². The number of carboxylic acid groups (broad SMARTS) is 1. The monoisotopic (exact) mass is 496 g/mol. The first kappa shape index (κ1) is 28.8. The molecule has 0 saturated heterocycles. The Morgan fingerprint density at radius 2 is 1.23 bits per heavy atom. The van der Waals surface area contributed by atoms with Gasteiger partial charge in [-0.1, -0.05) is 12.1 Å². The highest BCUT2D eigenvalue weighted by Gasteiger charge is 2.31. The molecule has 0 aliphatic rings. The molecule has 0 spiro atoms. The molecule has 1 aromatic carbocycles. The largest absolute Gasteiger partial charge is 0.508 e. The molecule has 192 valence electrons. The van der Waals surface area contributed by atoms with Crippen LogP contribution < -0.4 is 33.2 Å². The van der Waals surface area contributed by atoms with Crippen LogP contribution in [0.15, 0.2) is 24.3 Å². The molecule has 4 unspecified atom stereocenters. The summed E-state index contributed by atoms with van der Waals surface area (Å²) in [5, 5.41) is 34.1. The Morgan fingerprint density at radius 3 is 1.71 bits per heavy atom. The van der Waals surface area contributed by atoms with Gasteiger partial charge in [-0.15, -0.1) is 0 Å². The third-order valence-corrected chi connectivity index (χ3v) is 4.60. The minimum Gasteiger partial charge on any atom is -0.508 e. The molecule has 12 N–H and O–H groups in total. The molecule has 5 amide bonds. The molecular formula is C20H28N6O9. The number of carbonyl (C=O) groups excluding carboxylic acids is 5. The number of carboxylic acids is 1. The van der Waals surface area contributed by atoms with Crippen molar-refractivity contribution in [2.24, 2.45) is 17.2 Å². The first-order valence-corrected chi connectivity index (χ1v) is 10.2. The number of aromatic hydroxyl groups is 1. The van der Waals surface area contributed by atoms with Crippen LogP contribution in [-0.2, 0) is 35.2 Å². The van der Waals surface area contributed by atoms with Gasteiger partial charge in [0.25, 0.3) is 0 Å². The predicted molar refractivity (Wildman–Crippen MR) is 118 cm³/mol. The number of primary amides is 2. The van der Waals surface area contributed by atoms with E-state index in [9.17, 15) is 39.0 Å². The Bertz CT molecular complexity index is 953. The molecule has 15 heteroatoms. The zero-order chi connectivity index (χ0) is 26.7. The molecule has 15 nitrogen and oxygen atoms in total. The van der Waals surface area contributed by atoms with Crippen LogP contribution in [0, 0.1) is 0 Å². The van der Waals surface area contributed by atoms with Crippen molar-refractivity contribution >= 4 is 35.5 Å². The van der Waals surface area contributed by atoms with Crippen LogP contribution in [0.4, 0.5) is 0 Å². The van der Waals surface area contributed by atoms with Gasteiger partial charge in [-0.2, -0.15) is 0 Å². The number of aliphatic hydroxyl groups excluding tert-OH is 1. The molecule has 0 heterocycles. The average Bonchev–Trinajstić information content (AvgIpc) is 2.76. The van der Waals surface area contributed by atoms with E-state index < -0.39 is 79.1 Å². The first-order valence-electron chi connectivity index (χ1n) is 10.2. The zero-order valence-electron chi connectivity index (χ0n) is 18.5. The second-order valence-electron chi connectivity index (χ2n) is 7.52. The number of aliphatic hydroxyl groups is 1. The van der Waals surface area contributed by atoms with Crippen molar-refractivity contribution in [3.05, 3.63) is 29.8 Å². The quantitative estimate of drug-likeness (QED) is 0.119. The van der Waals surface area contributed by atoms with Gasteiger partial charge < -0.3 is 48.5 Å². The summed E-state index contributed by atoms with van der Waals surface area (Å²) in [6.07, 6.45) is -1.40. The number of rotatable bonds is 14. The molecule has 0 bridgehead atoms. The summed E-state index contributed by atoms with van der Waals surface area (Å²) in [6, 6.07) is -0.311. The molecule has 0 saturated carbocycles. The predicted octanol–water partition coefficient (Wildman–Crippen LogP) is -4.46. The SMILES string of the molecule is NC(=O)CC(NC(=O)C(CO)NC(=O)C(CC(N)=O)NC(=O)C(N)Cc1ccc(O)cc1)C(=O)O. The smallest absolute Gasteiger partial charge is 0.326 e. The third-order valence-electron chi connectivity index (χ3n) is 4.60. The highest BCUT2D eigenvalue weighted by atomic mass is 16.4. The van der Waals surface area contributed by atoms with Gasteiger partial charge in [0, 0.05) is 0 Å². The van der Waals surface area contributed by atoms with E-state index in [0.29, 0.717) is 5.56 Å². The van der Waals surface area contributed by atoms with E-state index in [0.717, 1.165) is 0 Å². The number of aliphatic carboxylic acids is 1. The van der Waals surface area contributed by atoms with Crippen LogP contribution in [0.2, 0.25) is 0 Å². The summed E-state index contributed by atoms with van der Waals surface area (Å²) < 4.78 is 0. The van der Waals surface area contributed by atoms with E-state index >= 15 is 0 Å². The number of hydrogen-bond acceptors (Lipinski definition) is 9. The highest BCUT2D eigenvalue weighted by Crippen LogP contribution is 2.11. The Morgan fingerprint density at radius 1 is 0.771 bits per heavy atom. The Labute approximate surface area is 199 Å². The molecule has 0 radical (unpaired) electrons. The van der Waals surface area contributed by atoms with Crippen molar-refractivity contribution in [2.75, 3.05) is 6.61 Å². The molecule has 0 aliphatic carbocycles. The molecule has 1 rings (SSSR count). The van der Waals surface area contributed by atoms with Crippen molar-refractivity contribution in [2.45, 2.75) is 43.4 Å². The fraction of sp³-hybridized carbons (Fsp3) is 0.400. The second-order valence-corrected chi connectivity index (χ2v) is 7.52. The summed E-state index contributed by atoms with van der Waals surface area (Å²) in [4.78, 5) is 70.9. The van der Waals surface area contributed by atoms with Crippen LogP contribution in [0.1, 0.15) is 18.4 Å². The standard InChI is InChI=1S/C20H28N6O9/c21-11(5-9-1-3-10(28)4-2-9)17(31)24-12(6-15(22)29)18(32)26-14(8-27)19(33)25-13(20(34)35)7-16(23)30/h1-4,11-14,27-28H,5-8,21H2,(H2,22,29)(H2,23,30)(H,24,31)(H,25,33)(H,26,32)(H,34,35). The summed E-state index contributed by atoms with van der Waals surface area (Å²) in [5.41, 5.74) is 16.5. The number of phenols is 1. The van der Waals surface area contributed by atoms with E-state index in [1.54, 1.807) is 0 Å². The van der Waals surface area contributed by atoms with Gasteiger partial charge in [0.05, 0.1) is 25.5 Å². The fourth-order valence-electron chi connectivity index (χ4n) is 2.81. The minimum absolute atomic E-state index is 0.0109. The Balaban J connectivity index is 2.87. The molecular weight excluding hydrogens is 468 g/mol. The van der Waals surface area contributed by atoms with Crippen LogP contribution >= 0.6 is 0 Å². The topological polar surface area (TPSA) is 277 Å². The van der Waals surface area contributed by atoms with E-state index in [1.807, 2.05) is 5.32 Å². The van der Waals surface area contributed by atoms with Crippen molar-refractivity contribution in [3.8, 4) is 5.75 Å². The van der Waals surface area contributed by atoms with Crippen molar-refractivity contribution in [3.63, 3.8) is 0 Å².